The summed E-state index contributed by atoms with van der Waals surface area (Å²) in [4.78, 5) is 10.8. The molecule has 4 heterocycles. The van der Waals surface area contributed by atoms with Crippen LogP contribution in [-0.2, 0) is 12.7 Å². The average molecular weight is 390 g/mol. The molecular weight excluding hydrogens is 369 g/mol. The van der Waals surface area contributed by atoms with Crippen LogP contribution in [0.4, 0.5) is 13.2 Å². The summed E-state index contributed by atoms with van der Waals surface area (Å²) in [6, 6.07) is 6.95. The van der Waals surface area contributed by atoms with Crippen molar-refractivity contribution in [3.05, 3.63) is 52.6 Å². The summed E-state index contributed by atoms with van der Waals surface area (Å²) in [5, 5.41) is 4.01. The fourth-order valence-corrected chi connectivity index (χ4v) is 3.94. The molecule has 5 nitrogen and oxygen atoms in total. The Morgan fingerprint density at radius 2 is 2.00 bits per heavy atom. The van der Waals surface area contributed by atoms with Crippen LogP contribution in [0.1, 0.15) is 47.1 Å². The number of halogens is 3. The highest BCUT2D eigenvalue weighted by molar-refractivity contribution is 5.81. The van der Waals surface area contributed by atoms with Gasteiger partial charge in [0.25, 0.3) is 5.71 Å². The Kier molecular flexibility index (Phi) is 4.82. The maximum Gasteiger partial charge on any atom is 0.417 e. The molecule has 0 bridgehead atoms. The molecule has 0 N–H and O–H groups in total. The number of aryl methyl sites for hydroxylation is 2. The van der Waals surface area contributed by atoms with E-state index in [4.69, 9.17) is 4.52 Å². The van der Waals surface area contributed by atoms with E-state index in [1.54, 1.807) is 0 Å². The van der Waals surface area contributed by atoms with E-state index in [1.807, 2.05) is 25.1 Å². The van der Waals surface area contributed by atoms with Gasteiger partial charge in [0, 0.05) is 30.4 Å². The number of aromatic nitrogens is 3. The van der Waals surface area contributed by atoms with Gasteiger partial charge in [0.05, 0.1) is 22.3 Å². The minimum Gasteiger partial charge on any atom is -0.336 e. The number of alkyl halides is 3. The fourth-order valence-electron chi connectivity index (χ4n) is 3.94. The van der Waals surface area contributed by atoms with Crippen LogP contribution in [0.15, 0.2) is 28.8 Å². The summed E-state index contributed by atoms with van der Waals surface area (Å²) >= 11 is 0. The number of hydrogen-bond donors (Lipinski definition) is 0. The summed E-state index contributed by atoms with van der Waals surface area (Å²) in [7, 11) is 0. The van der Waals surface area contributed by atoms with Gasteiger partial charge in [0.1, 0.15) is 0 Å². The Hall–Kier alpha value is -2.48. The molecule has 28 heavy (non-hydrogen) atoms. The lowest BCUT2D eigenvalue weighted by atomic mass is 9.91. The fraction of sp³-hybridized carbons (Fsp3) is 0.450. The van der Waals surface area contributed by atoms with Gasteiger partial charge in [-0.05, 0) is 51.4 Å². The molecule has 0 radical (unpaired) electrons. The van der Waals surface area contributed by atoms with Crippen molar-refractivity contribution in [2.24, 2.45) is 0 Å². The van der Waals surface area contributed by atoms with Crippen LogP contribution >= 0.6 is 0 Å². The number of piperidine rings is 1. The van der Waals surface area contributed by atoms with Crippen molar-refractivity contribution >= 4 is 11.1 Å². The zero-order chi connectivity index (χ0) is 19.9. The van der Waals surface area contributed by atoms with Gasteiger partial charge in [0.2, 0.25) is 0 Å². The molecule has 0 aromatic carbocycles. The van der Waals surface area contributed by atoms with E-state index in [1.165, 1.54) is 6.92 Å². The predicted molar refractivity (Wildman–Crippen MR) is 97.8 cm³/mol. The van der Waals surface area contributed by atoms with Gasteiger partial charge in [-0.15, -0.1) is 0 Å². The van der Waals surface area contributed by atoms with Gasteiger partial charge < -0.3 is 4.52 Å². The third-order valence-electron chi connectivity index (χ3n) is 5.13. The lowest BCUT2D eigenvalue weighted by Crippen LogP contribution is -2.34. The highest BCUT2D eigenvalue weighted by atomic mass is 19.4. The number of pyridine rings is 2. The number of hydrogen-bond acceptors (Lipinski definition) is 5. The number of rotatable bonds is 3. The molecule has 0 unspecified atom stereocenters. The van der Waals surface area contributed by atoms with Crippen LogP contribution in [0.3, 0.4) is 0 Å². The first-order valence-electron chi connectivity index (χ1n) is 9.30. The zero-order valence-corrected chi connectivity index (χ0v) is 15.8. The van der Waals surface area contributed by atoms with Crippen molar-refractivity contribution in [2.45, 2.75) is 45.3 Å². The Labute approximate surface area is 160 Å². The lowest BCUT2D eigenvalue weighted by Gasteiger charge is -2.31. The molecule has 1 aliphatic heterocycles. The molecule has 1 aliphatic rings. The van der Waals surface area contributed by atoms with Crippen LogP contribution in [0.2, 0.25) is 0 Å². The zero-order valence-electron chi connectivity index (χ0n) is 15.8. The molecule has 8 heteroatoms. The lowest BCUT2D eigenvalue weighted by molar-refractivity contribution is -0.136. The standard InChI is InChI=1S/C20H21F3N4O/c1-12-5-3-7-15(24-12)11-27-8-4-6-14(10-27)18-17-16(20(21,22)23)9-13(2)25-19(17)28-26-18/h3,5,7,9,14H,4,6,8,10-11H2,1-2H3/t14-/m1/s1. The minimum atomic E-state index is -4.48. The van der Waals surface area contributed by atoms with Crippen LogP contribution in [0, 0.1) is 13.8 Å². The first-order chi connectivity index (χ1) is 13.3. The van der Waals surface area contributed by atoms with E-state index in [9.17, 15) is 13.2 Å². The van der Waals surface area contributed by atoms with Crippen LogP contribution in [0.5, 0.6) is 0 Å². The molecular formula is C20H21F3N4O. The van der Waals surface area contributed by atoms with E-state index in [2.05, 4.69) is 20.0 Å². The number of likely N-dealkylation sites (tertiary alicyclic amines) is 1. The molecule has 1 atom stereocenters. The van der Waals surface area contributed by atoms with E-state index < -0.39 is 11.7 Å². The average Bonchev–Trinajstić information content (AvgIpc) is 3.04. The molecule has 0 saturated carbocycles. The third-order valence-corrected chi connectivity index (χ3v) is 5.13. The quantitative estimate of drug-likeness (QED) is 0.653. The summed E-state index contributed by atoms with van der Waals surface area (Å²) < 4.78 is 46.0. The molecule has 3 aromatic rings. The minimum absolute atomic E-state index is 0.00127. The molecule has 148 valence electrons. The normalized spacial score (nSPS) is 18.7. The van der Waals surface area contributed by atoms with E-state index in [0.717, 1.165) is 36.8 Å². The third kappa shape index (κ3) is 3.73. The number of nitrogens with zero attached hydrogens (tertiary/aromatic N) is 4. The largest absolute Gasteiger partial charge is 0.417 e. The van der Waals surface area contributed by atoms with Gasteiger partial charge in [-0.1, -0.05) is 11.2 Å². The van der Waals surface area contributed by atoms with Gasteiger partial charge >= 0.3 is 6.18 Å². The topological polar surface area (TPSA) is 55.1 Å². The maximum atomic E-state index is 13.6. The monoisotopic (exact) mass is 390 g/mol. The van der Waals surface area contributed by atoms with Crippen molar-refractivity contribution in [1.29, 1.82) is 0 Å². The van der Waals surface area contributed by atoms with Gasteiger partial charge in [-0.2, -0.15) is 13.2 Å². The smallest absolute Gasteiger partial charge is 0.336 e. The Bertz CT molecular complexity index is 999. The van der Waals surface area contributed by atoms with Crippen molar-refractivity contribution in [3.63, 3.8) is 0 Å². The first-order valence-corrected chi connectivity index (χ1v) is 9.30. The summed E-state index contributed by atoms with van der Waals surface area (Å²) in [5.41, 5.74) is 1.77. The summed E-state index contributed by atoms with van der Waals surface area (Å²) in [6.45, 7) is 5.62. The second-order valence-electron chi connectivity index (χ2n) is 7.40. The molecule has 1 fully saturated rings. The van der Waals surface area contributed by atoms with Crippen LogP contribution in [0.25, 0.3) is 11.1 Å². The van der Waals surface area contributed by atoms with Gasteiger partial charge in [-0.25, -0.2) is 4.98 Å². The SMILES string of the molecule is Cc1cccc(CN2CCC[C@@H](c3noc4nc(C)cc(C(F)(F)F)c34)C2)n1. The summed E-state index contributed by atoms with van der Waals surface area (Å²) in [6.07, 6.45) is -2.83. The highest BCUT2D eigenvalue weighted by Crippen LogP contribution is 2.40. The van der Waals surface area contributed by atoms with Crippen molar-refractivity contribution in [1.82, 2.24) is 20.0 Å². The van der Waals surface area contributed by atoms with Crippen molar-refractivity contribution < 1.29 is 17.7 Å². The number of fused-ring (bicyclic) bond motifs is 1. The summed E-state index contributed by atoms with van der Waals surface area (Å²) in [5.74, 6) is -0.134. The molecule has 0 aliphatic carbocycles. The molecule has 4 rings (SSSR count). The maximum absolute atomic E-state index is 13.6. The van der Waals surface area contributed by atoms with Gasteiger partial charge in [0.15, 0.2) is 0 Å². The molecule has 1 saturated heterocycles. The second kappa shape index (κ2) is 7.16. The van der Waals surface area contributed by atoms with Crippen LogP contribution in [-0.4, -0.2) is 33.1 Å². The highest BCUT2D eigenvalue weighted by Gasteiger charge is 2.37. The van der Waals surface area contributed by atoms with E-state index >= 15 is 0 Å². The van der Waals surface area contributed by atoms with Crippen LogP contribution < -0.4 is 0 Å². The van der Waals surface area contributed by atoms with E-state index in [0.29, 0.717) is 18.8 Å². The molecule has 0 amide bonds. The van der Waals surface area contributed by atoms with Crippen molar-refractivity contribution in [3.8, 4) is 0 Å². The molecule has 3 aromatic heterocycles. The van der Waals surface area contributed by atoms with E-state index in [-0.39, 0.29) is 22.7 Å². The first kappa shape index (κ1) is 18.9. The Morgan fingerprint density at radius 1 is 1.18 bits per heavy atom. The Balaban J connectivity index is 1.64. The van der Waals surface area contributed by atoms with Gasteiger partial charge in [-0.3, -0.25) is 9.88 Å². The predicted octanol–water partition coefficient (Wildman–Crippen LogP) is 4.63. The second-order valence-corrected chi connectivity index (χ2v) is 7.40. The molecule has 0 spiro atoms. The van der Waals surface area contributed by atoms with Crippen molar-refractivity contribution in [2.75, 3.05) is 13.1 Å². The Morgan fingerprint density at radius 3 is 2.75 bits per heavy atom.